The normalized spacial score (nSPS) is 20.5. The molecule has 0 atom stereocenters. The van der Waals surface area contributed by atoms with E-state index in [4.69, 9.17) is 0 Å². The molecule has 34 heavy (non-hydrogen) atoms. The van der Waals surface area contributed by atoms with Gasteiger partial charge in [-0.05, 0) is 69.3 Å². The van der Waals surface area contributed by atoms with Gasteiger partial charge in [0.2, 0.25) is 11.8 Å². The Kier molecular flexibility index (Phi) is 7.73. The van der Waals surface area contributed by atoms with Gasteiger partial charge in [-0.1, -0.05) is 24.3 Å². The highest BCUT2D eigenvalue weighted by Crippen LogP contribution is 2.43. The van der Waals surface area contributed by atoms with Crippen molar-refractivity contribution < 1.29 is 9.59 Å². The summed E-state index contributed by atoms with van der Waals surface area (Å²) in [5.74, 6) is -0.000175. The van der Waals surface area contributed by atoms with E-state index >= 15 is 0 Å². The molecule has 1 aromatic carbocycles. The topological polar surface area (TPSA) is 68.4 Å². The fourth-order valence-electron chi connectivity index (χ4n) is 5.16. The average Bonchev–Trinajstić information content (AvgIpc) is 3.52. The second-order valence-corrected chi connectivity index (χ2v) is 10.6. The molecule has 0 aliphatic heterocycles. The summed E-state index contributed by atoms with van der Waals surface area (Å²) >= 11 is 1.82. The van der Waals surface area contributed by atoms with Crippen LogP contribution in [0.25, 0.3) is 10.9 Å². The van der Waals surface area contributed by atoms with Gasteiger partial charge >= 0.3 is 0 Å². The molecule has 0 bridgehead atoms. The minimum atomic E-state index is -0.0168. The lowest BCUT2D eigenvalue weighted by Crippen LogP contribution is -2.48. The molecule has 1 saturated carbocycles. The Morgan fingerprint density at radius 2 is 1.85 bits per heavy atom. The molecule has 0 radical (unpaired) electrons. The van der Waals surface area contributed by atoms with Gasteiger partial charge in [0.15, 0.2) is 0 Å². The second kappa shape index (κ2) is 10.7. The summed E-state index contributed by atoms with van der Waals surface area (Å²) in [7, 11) is 6.13. The van der Waals surface area contributed by atoms with Gasteiger partial charge in [0, 0.05) is 54.5 Å². The lowest BCUT2D eigenvalue weighted by Gasteiger charge is -2.44. The molecule has 0 saturated heterocycles. The van der Waals surface area contributed by atoms with Crippen LogP contribution in [0.3, 0.4) is 0 Å². The van der Waals surface area contributed by atoms with Gasteiger partial charge in [-0.2, -0.15) is 0 Å². The predicted octanol–water partition coefficient (Wildman–Crippen LogP) is 4.53. The molecule has 0 spiro atoms. The van der Waals surface area contributed by atoms with Crippen LogP contribution in [0.15, 0.2) is 48.0 Å². The molecule has 3 aromatic rings. The number of H-pyrrole nitrogens is 1. The number of carbonyl (C=O) groups is 2. The minimum Gasteiger partial charge on any atom is -0.361 e. The Balaban J connectivity index is 1.20. The van der Waals surface area contributed by atoms with E-state index in [0.29, 0.717) is 6.54 Å². The first-order valence-electron chi connectivity index (χ1n) is 12.2. The molecule has 182 valence electrons. The Bertz CT molecular complexity index is 1100. The van der Waals surface area contributed by atoms with Crippen molar-refractivity contribution in [3.05, 3.63) is 58.4 Å². The number of likely N-dealkylation sites (N-methyl/N-ethyl adjacent to an activating group) is 1. The Morgan fingerprint density at radius 3 is 2.56 bits per heavy atom. The second-order valence-electron chi connectivity index (χ2n) is 9.67. The van der Waals surface area contributed by atoms with E-state index in [1.165, 1.54) is 15.8 Å². The molecule has 1 aliphatic carbocycles. The Labute approximate surface area is 206 Å². The monoisotopic (exact) mass is 480 g/mol. The Hall–Kier alpha value is -2.64. The average molecular weight is 481 g/mol. The van der Waals surface area contributed by atoms with Crippen molar-refractivity contribution in [2.75, 3.05) is 27.7 Å². The highest BCUT2D eigenvalue weighted by atomic mass is 32.1. The third-order valence-corrected chi connectivity index (χ3v) is 8.46. The third-order valence-electron chi connectivity index (χ3n) is 7.40. The van der Waals surface area contributed by atoms with Gasteiger partial charge in [0.1, 0.15) is 0 Å². The lowest BCUT2D eigenvalue weighted by molar-refractivity contribution is -0.132. The van der Waals surface area contributed by atoms with Crippen LogP contribution in [0.5, 0.6) is 0 Å². The quantitative estimate of drug-likeness (QED) is 0.473. The molecule has 4 rings (SSSR count). The number of nitrogens with one attached hydrogen (secondary N) is 2. The first-order chi connectivity index (χ1) is 16.4. The van der Waals surface area contributed by atoms with Gasteiger partial charge in [-0.3, -0.25) is 14.5 Å². The van der Waals surface area contributed by atoms with Gasteiger partial charge in [-0.25, -0.2) is 0 Å². The number of benzene rings is 1. The van der Waals surface area contributed by atoms with Gasteiger partial charge < -0.3 is 15.2 Å². The Morgan fingerprint density at radius 1 is 1.09 bits per heavy atom. The maximum absolute atomic E-state index is 12.6. The van der Waals surface area contributed by atoms with Crippen molar-refractivity contribution in [3.63, 3.8) is 0 Å². The van der Waals surface area contributed by atoms with Crippen LogP contribution in [-0.4, -0.2) is 60.3 Å². The number of hydrogen-bond acceptors (Lipinski definition) is 4. The minimum absolute atomic E-state index is 0.0166. The van der Waals surface area contributed by atoms with Gasteiger partial charge in [0.05, 0.1) is 5.54 Å². The molecular weight excluding hydrogens is 444 g/mol. The van der Waals surface area contributed by atoms with Crippen molar-refractivity contribution in [2.24, 2.45) is 0 Å². The molecule has 2 aromatic heterocycles. The molecule has 1 fully saturated rings. The number of amides is 2. The van der Waals surface area contributed by atoms with Crippen LogP contribution in [0.2, 0.25) is 0 Å². The van der Waals surface area contributed by atoms with Gasteiger partial charge in [-0.15, -0.1) is 11.3 Å². The fourth-order valence-corrected chi connectivity index (χ4v) is 6.23. The third kappa shape index (κ3) is 5.36. The highest BCUT2D eigenvalue weighted by molar-refractivity contribution is 7.10. The van der Waals surface area contributed by atoms with E-state index in [2.05, 4.69) is 58.9 Å². The van der Waals surface area contributed by atoms with Crippen LogP contribution in [0.4, 0.5) is 0 Å². The maximum Gasteiger partial charge on any atom is 0.222 e. The number of hydrogen-bond donors (Lipinski definition) is 2. The first-order valence-corrected chi connectivity index (χ1v) is 13.1. The zero-order valence-corrected chi connectivity index (χ0v) is 21.3. The molecule has 6 nitrogen and oxygen atoms in total. The largest absolute Gasteiger partial charge is 0.361 e. The summed E-state index contributed by atoms with van der Waals surface area (Å²) in [6.07, 6.45) is 7.28. The van der Waals surface area contributed by atoms with E-state index in [-0.39, 0.29) is 36.2 Å². The van der Waals surface area contributed by atoms with Crippen molar-refractivity contribution in [1.82, 2.24) is 20.1 Å². The molecule has 2 amide bonds. The zero-order valence-electron chi connectivity index (χ0n) is 20.5. The van der Waals surface area contributed by atoms with Gasteiger partial charge in [0.25, 0.3) is 0 Å². The SMILES string of the molecule is CN(CCc1c[nH]c2ccccc12)C(=O)CCC(=O)NC1CCC(c2cccs2)(N(C)C)CC1. The summed E-state index contributed by atoms with van der Waals surface area (Å²) < 4.78 is 0. The number of rotatable bonds is 9. The molecule has 2 heterocycles. The summed E-state index contributed by atoms with van der Waals surface area (Å²) in [4.78, 5) is 33.9. The van der Waals surface area contributed by atoms with Crippen molar-refractivity contribution in [2.45, 2.75) is 56.5 Å². The van der Waals surface area contributed by atoms with Crippen molar-refractivity contribution >= 4 is 34.1 Å². The van der Waals surface area contributed by atoms with E-state index < -0.39 is 0 Å². The number of fused-ring (bicyclic) bond motifs is 1. The summed E-state index contributed by atoms with van der Waals surface area (Å²) in [5.41, 5.74) is 2.39. The van der Waals surface area contributed by atoms with E-state index in [1.807, 2.05) is 36.7 Å². The summed E-state index contributed by atoms with van der Waals surface area (Å²) in [6, 6.07) is 12.7. The van der Waals surface area contributed by atoms with Crippen LogP contribution >= 0.6 is 11.3 Å². The van der Waals surface area contributed by atoms with E-state index in [0.717, 1.165) is 37.6 Å². The van der Waals surface area contributed by atoms with Crippen LogP contribution in [-0.2, 0) is 21.5 Å². The number of aromatic amines is 1. The molecule has 1 aliphatic rings. The summed E-state index contributed by atoms with van der Waals surface area (Å²) in [6.45, 7) is 0.639. The predicted molar refractivity (Wildman–Crippen MR) is 139 cm³/mol. The maximum atomic E-state index is 12.6. The van der Waals surface area contributed by atoms with Crippen molar-refractivity contribution in [1.29, 1.82) is 0 Å². The molecule has 7 heteroatoms. The lowest BCUT2D eigenvalue weighted by atomic mass is 9.77. The van der Waals surface area contributed by atoms with Crippen molar-refractivity contribution in [3.8, 4) is 0 Å². The molecule has 0 unspecified atom stereocenters. The van der Waals surface area contributed by atoms with E-state index in [9.17, 15) is 9.59 Å². The fraction of sp³-hybridized carbons (Fsp3) is 0.481. The number of thiophene rings is 1. The van der Waals surface area contributed by atoms with Crippen LogP contribution in [0.1, 0.15) is 49.0 Å². The first kappa shape index (κ1) is 24.5. The smallest absolute Gasteiger partial charge is 0.222 e. The molecule has 2 N–H and O–H groups in total. The summed E-state index contributed by atoms with van der Waals surface area (Å²) in [5, 5.41) is 6.52. The number of para-hydroxylation sites is 1. The number of nitrogens with zero attached hydrogens (tertiary/aromatic N) is 2. The number of aromatic nitrogens is 1. The van der Waals surface area contributed by atoms with Crippen LogP contribution in [0, 0.1) is 0 Å². The van der Waals surface area contributed by atoms with Crippen LogP contribution < -0.4 is 5.32 Å². The molecular formula is C27H36N4O2S. The van der Waals surface area contributed by atoms with E-state index in [1.54, 1.807) is 4.90 Å². The zero-order chi connectivity index (χ0) is 24.1. The number of carbonyl (C=O) groups excluding carboxylic acids is 2. The highest BCUT2D eigenvalue weighted by Gasteiger charge is 2.39. The standard InChI is InChI=1S/C27H36N4O2S/c1-30(2)27(24-9-6-18-34-24)15-12-21(13-16-27)29-25(32)10-11-26(33)31(3)17-14-20-19-28-23-8-5-4-7-22(20)23/h4-9,18-19,21,28H,10-17H2,1-3H3,(H,29,32).